The summed E-state index contributed by atoms with van der Waals surface area (Å²) in [6, 6.07) is 5.93. The zero-order valence-corrected chi connectivity index (χ0v) is 18.1. The summed E-state index contributed by atoms with van der Waals surface area (Å²) in [4.78, 5) is 12.9. The third-order valence-electron chi connectivity index (χ3n) is 8.40. The van der Waals surface area contributed by atoms with Gasteiger partial charge in [0.25, 0.3) is 0 Å². The largest absolute Gasteiger partial charge is 0.423 e. The van der Waals surface area contributed by atoms with Crippen molar-refractivity contribution < 1.29 is 13.9 Å². The van der Waals surface area contributed by atoms with E-state index >= 15 is 0 Å². The van der Waals surface area contributed by atoms with Crippen LogP contribution >= 0.6 is 0 Å². The number of carbonyl (C=O) groups is 1. The normalized spacial score (nSPS) is 33.9. The zero-order valence-electron chi connectivity index (χ0n) is 18.1. The molecule has 0 radical (unpaired) electrons. The maximum Gasteiger partial charge on any atom is 0.314 e. The topological polar surface area (TPSA) is 50.1 Å². The molecule has 1 aromatic carbocycles. The second-order valence-electron chi connectivity index (χ2n) is 9.90. The highest BCUT2D eigenvalue weighted by atomic mass is 19.1. The first-order chi connectivity index (χ1) is 14.6. The van der Waals surface area contributed by atoms with Crippen molar-refractivity contribution in [1.29, 1.82) is 5.26 Å². The second-order valence-corrected chi connectivity index (χ2v) is 9.90. The standard InChI is InChI=1S/C26H34FNO2/c1-2-17-6-9-19(10-7-17)20-11-12-22-21(15-20)4-3-5-23(22)26(29)30-25-13-8-18(16-28)14-24(25)27/h8,13-14,17,19-23H,2-7,9-12,15H2,1H3. The van der Waals surface area contributed by atoms with Crippen LogP contribution in [-0.4, -0.2) is 5.97 Å². The van der Waals surface area contributed by atoms with E-state index in [4.69, 9.17) is 10.00 Å². The van der Waals surface area contributed by atoms with Crippen molar-refractivity contribution in [3.05, 3.63) is 29.6 Å². The van der Waals surface area contributed by atoms with Crippen LogP contribution in [0.3, 0.4) is 0 Å². The Morgan fingerprint density at radius 1 is 1.07 bits per heavy atom. The van der Waals surface area contributed by atoms with Crippen LogP contribution in [0, 0.1) is 52.7 Å². The number of esters is 1. The Hall–Kier alpha value is -1.89. The molecule has 3 aliphatic carbocycles. The van der Waals surface area contributed by atoms with Gasteiger partial charge in [-0.05, 0) is 86.3 Å². The van der Waals surface area contributed by atoms with E-state index < -0.39 is 5.82 Å². The third-order valence-corrected chi connectivity index (χ3v) is 8.40. The van der Waals surface area contributed by atoms with Gasteiger partial charge in [0.2, 0.25) is 0 Å². The van der Waals surface area contributed by atoms with Crippen LogP contribution in [0.4, 0.5) is 4.39 Å². The van der Waals surface area contributed by atoms with Crippen molar-refractivity contribution >= 4 is 5.97 Å². The summed E-state index contributed by atoms with van der Waals surface area (Å²) < 4.78 is 19.7. The molecule has 30 heavy (non-hydrogen) atoms. The van der Waals surface area contributed by atoms with Gasteiger partial charge in [-0.25, -0.2) is 4.39 Å². The Labute approximate surface area is 180 Å². The lowest BCUT2D eigenvalue weighted by molar-refractivity contribution is -0.144. The molecule has 162 valence electrons. The fourth-order valence-electron chi connectivity index (χ4n) is 6.63. The number of halogens is 1. The van der Waals surface area contributed by atoms with Gasteiger partial charge in [0, 0.05) is 0 Å². The Morgan fingerprint density at radius 3 is 2.53 bits per heavy atom. The van der Waals surface area contributed by atoms with Crippen molar-refractivity contribution in [3.63, 3.8) is 0 Å². The Morgan fingerprint density at radius 2 is 1.83 bits per heavy atom. The minimum absolute atomic E-state index is 0.0532. The first kappa shape index (κ1) is 21.3. The molecule has 3 fully saturated rings. The molecule has 4 rings (SSSR count). The Balaban J connectivity index is 1.37. The summed E-state index contributed by atoms with van der Waals surface area (Å²) in [6.07, 6.45) is 13.7. The van der Waals surface area contributed by atoms with Crippen LogP contribution in [-0.2, 0) is 4.79 Å². The van der Waals surface area contributed by atoms with Crippen molar-refractivity contribution in [2.45, 2.75) is 77.6 Å². The van der Waals surface area contributed by atoms with Gasteiger partial charge in [0.15, 0.2) is 11.6 Å². The van der Waals surface area contributed by atoms with E-state index in [1.807, 2.05) is 6.07 Å². The van der Waals surface area contributed by atoms with E-state index in [1.54, 1.807) is 0 Å². The second kappa shape index (κ2) is 9.50. The predicted molar refractivity (Wildman–Crippen MR) is 114 cm³/mol. The van der Waals surface area contributed by atoms with Crippen LogP contribution in [0.2, 0.25) is 0 Å². The zero-order chi connectivity index (χ0) is 21.1. The lowest BCUT2D eigenvalue weighted by Gasteiger charge is -2.46. The average Bonchev–Trinajstić information content (AvgIpc) is 2.79. The number of ether oxygens (including phenoxy) is 1. The molecule has 0 aromatic heterocycles. The van der Waals surface area contributed by atoms with Gasteiger partial charge < -0.3 is 4.74 Å². The van der Waals surface area contributed by atoms with Gasteiger partial charge in [-0.15, -0.1) is 0 Å². The minimum Gasteiger partial charge on any atom is -0.423 e. The van der Waals surface area contributed by atoms with Gasteiger partial charge in [-0.3, -0.25) is 4.79 Å². The minimum atomic E-state index is -0.638. The number of hydrogen-bond acceptors (Lipinski definition) is 3. The van der Waals surface area contributed by atoms with Gasteiger partial charge in [-0.1, -0.05) is 39.0 Å². The molecule has 0 spiro atoms. The van der Waals surface area contributed by atoms with Gasteiger partial charge >= 0.3 is 5.97 Å². The molecule has 3 nitrogen and oxygen atoms in total. The monoisotopic (exact) mass is 411 g/mol. The Bertz CT molecular complexity index is 793. The van der Waals surface area contributed by atoms with Crippen molar-refractivity contribution in [1.82, 2.24) is 0 Å². The van der Waals surface area contributed by atoms with E-state index in [2.05, 4.69) is 6.92 Å². The molecule has 0 amide bonds. The molecule has 4 atom stereocenters. The molecule has 4 heteroatoms. The molecule has 0 saturated heterocycles. The maximum atomic E-state index is 14.2. The number of carbonyl (C=O) groups excluding carboxylic acids is 1. The van der Waals surface area contributed by atoms with E-state index in [1.165, 1.54) is 63.5 Å². The predicted octanol–water partition coefficient (Wildman–Crippen LogP) is 6.65. The molecular weight excluding hydrogens is 377 g/mol. The smallest absolute Gasteiger partial charge is 0.314 e. The lowest BCUT2D eigenvalue weighted by atomic mass is 9.59. The summed E-state index contributed by atoms with van der Waals surface area (Å²) >= 11 is 0. The molecule has 3 saturated carbocycles. The van der Waals surface area contributed by atoms with Gasteiger partial charge in [0.05, 0.1) is 17.6 Å². The van der Waals surface area contributed by atoms with Crippen LogP contribution < -0.4 is 4.74 Å². The van der Waals surface area contributed by atoms with Crippen LogP contribution in [0.15, 0.2) is 18.2 Å². The molecule has 0 heterocycles. The average molecular weight is 412 g/mol. The fourth-order valence-corrected chi connectivity index (χ4v) is 6.63. The fraction of sp³-hybridized carbons (Fsp3) is 0.692. The molecule has 0 N–H and O–H groups in total. The molecule has 0 aliphatic heterocycles. The molecule has 3 aliphatic rings. The van der Waals surface area contributed by atoms with E-state index in [0.29, 0.717) is 11.8 Å². The van der Waals surface area contributed by atoms with E-state index in [-0.39, 0.29) is 23.2 Å². The van der Waals surface area contributed by atoms with Crippen molar-refractivity contribution in [3.8, 4) is 11.8 Å². The maximum absolute atomic E-state index is 14.2. The summed E-state index contributed by atoms with van der Waals surface area (Å²) in [5.74, 6) is 2.56. The molecule has 0 bridgehead atoms. The Kier molecular flexibility index (Phi) is 6.76. The number of fused-ring (bicyclic) bond motifs is 1. The number of hydrogen-bond donors (Lipinski definition) is 0. The SMILES string of the molecule is CCC1CCC(C2CCC3C(CCCC3C(=O)Oc3ccc(C#N)cc3F)C2)CC1. The summed E-state index contributed by atoms with van der Waals surface area (Å²) in [5, 5.41) is 8.88. The number of rotatable bonds is 4. The molecular formula is C26H34FNO2. The van der Waals surface area contributed by atoms with Crippen LogP contribution in [0.5, 0.6) is 5.75 Å². The quantitative estimate of drug-likeness (QED) is 0.411. The highest BCUT2D eigenvalue weighted by Gasteiger charge is 2.43. The lowest BCUT2D eigenvalue weighted by Crippen LogP contribution is -2.40. The summed E-state index contributed by atoms with van der Waals surface area (Å²) in [7, 11) is 0. The summed E-state index contributed by atoms with van der Waals surface area (Å²) in [5.41, 5.74) is 0.233. The van der Waals surface area contributed by atoms with Gasteiger partial charge in [-0.2, -0.15) is 5.26 Å². The number of nitrogens with zero attached hydrogens (tertiary/aromatic N) is 1. The summed E-state index contributed by atoms with van der Waals surface area (Å²) in [6.45, 7) is 2.32. The first-order valence-electron chi connectivity index (χ1n) is 12.0. The molecule has 4 unspecified atom stereocenters. The van der Waals surface area contributed by atoms with Crippen molar-refractivity contribution in [2.75, 3.05) is 0 Å². The van der Waals surface area contributed by atoms with Crippen LogP contribution in [0.25, 0.3) is 0 Å². The van der Waals surface area contributed by atoms with E-state index in [0.717, 1.165) is 43.1 Å². The van der Waals surface area contributed by atoms with Crippen molar-refractivity contribution in [2.24, 2.45) is 35.5 Å². The van der Waals surface area contributed by atoms with Crippen LogP contribution in [0.1, 0.15) is 83.1 Å². The van der Waals surface area contributed by atoms with Gasteiger partial charge in [0.1, 0.15) is 0 Å². The number of benzene rings is 1. The number of nitriles is 1. The first-order valence-corrected chi connectivity index (χ1v) is 12.0. The van der Waals surface area contributed by atoms with E-state index in [9.17, 15) is 9.18 Å². The highest BCUT2D eigenvalue weighted by molar-refractivity contribution is 5.75. The molecule has 1 aromatic rings. The highest BCUT2D eigenvalue weighted by Crippen LogP contribution is 2.50. The third kappa shape index (κ3) is 4.56.